The molecular formula is C18H31N3. The zero-order chi connectivity index (χ0) is 15.1. The summed E-state index contributed by atoms with van der Waals surface area (Å²) < 4.78 is 0. The first kappa shape index (κ1) is 16.3. The highest BCUT2D eigenvalue weighted by molar-refractivity contribution is 5.46. The Kier molecular flexibility index (Phi) is 6.07. The van der Waals surface area contributed by atoms with Gasteiger partial charge in [-0.05, 0) is 49.9 Å². The van der Waals surface area contributed by atoms with Crippen molar-refractivity contribution in [2.24, 2.45) is 11.1 Å². The molecule has 1 saturated heterocycles. The SMILES string of the molecule is CC(C)(CCN)CCCN1CCN(c2ccccc2)CC1. The molecule has 0 bridgehead atoms. The number of nitrogens with two attached hydrogens (primary N) is 1. The predicted molar refractivity (Wildman–Crippen MR) is 91.8 cm³/mol. The van der Waals surface area contributed by atoms with Crippen LogP contribution in [-0.4, -0.2) is 44.2 Å². The van der Waals surface area contributed by atoms with Gasteiger partial charge in [-0.25, -0.2) is 0 Å². The predicted octanol–water partition coefficient (Wildman–Crippen LogP) is 2.96. The zero-order valence-corrected chi connectivity index (χ0v) is 13.7. The molecule has 0 saturated carbocycles. The molecule has 0 radical (unpaired) electrons. The fraction of sp³-hybridized carbons (Fsp3) is 0.667. The van der Waals surface area contributed by atoms with Gasteiger partial charge in [-0.3, -0.25) is 4.90 Å². The van der Waals surface area contributed by atoms with E-state index in [9.17, 15) is 0 Å². The van der Waals surface area contributed by atoms with Gasteiger partial charge in [-0.2, -0.15) is 0 Å². The lowest BCUT2D eigenvalue weighted by Gasteiger charge is -2.36. The summed E-state index contributed by atoms with van der Waals surface area (Å²) in [5.74, 6) is 0. The van der Waals surface area contributed by atoms with Gasteiger partial charge in [0.25, 0.3) is 0 Å². The molecule has 0 spiro atoms. The summed E-state index contributed by atoms with van der Waals surface area (Å²) in [4.78, 5) is 5.10. The maximum absolute atomic E-state index is 5.68. The third-order valence-electron chi connectivity index (χ3n) is 4.64. The lowest BCUT2D eigenvalue weighted by Crippen LogP contribution is -2.46. The van der Waals surface area contributed by atoms with E-state index in [1.54, 1.807) is 0 Å². The molecule has 0 atom stereocenters. The second kappa shape index (κ2) is 7.81. The topological polar surface area (TPSA) is 32.5 Å². The van der Waals surface area contributed by atoms with Crippen LogP contribution in [0.1, 0.15) is 33.1 Å². The third kappa shape index (κ3) is 5.33. The maximum atomic E-state index is 5.68. The quantitative estimate of drug-likeness (QED) is 0.837. The molecule has 1 aromatic carbocycles. The molecule has 3 heteroatoms. The summed E-state index contributed by atoms with van der Waals surface area (Å²) in [6.45, 7) is 11.4. The number of nitrogens with zero attached hydrogens (tertiary/aromatic N) is 2. The van der Waals surface area contributed by atoms with Crippen LogP contribution in [0.5, 0.6) is 0 Å². The van der Waals surface area contributed by atoms with Crippen molar-refractivity contribution in [1.82, 2.24) is 4.90 Å². The molecule has 1 aliphatic heterocycles. The number of para-hydroxylation sites is 1. The van der Waals surface area contributed by atoms with E-state index in [-0.39, 0.29) is 0 Å². The highest BCUT2D eigenvalue weighted by Crippen LogP contribution is 2.26. The average molecular weight is 289 g/mol. The van der Waals surface area contributed by atoms with E-state index in [1.807, 2.05) is 0 Å². The zero-order valence-electron chi connectivity index (χ0n) is 13.7. The first-order valence-electron chi connectivity index (χ1n) is 8.33. The highest BCUT2D eigenvalue weighted by Gasteiger charge is 2.19. The fourth-order valence-electron chi connectivity index (χ4n) is 3.17. The second-order valence-corrected chi connectivity index (χ2v) is 6.97. The fourth-order valence-corrected chi connectivity index (χ4v) is 3.17. The summed E-state index contributed by atoms with van der Waals surface area (Å²) in [6.07, 6.45) is 3.70. The van der Waals surface area contributed by atoms with E-state index < -0.39 is 0 Å². The summed E-state index contributed by atoms with van der Waals surface area (Å²) in [7, 11) is 0. The lowest BCUT2D eigenvalue weighted by molar-refractivity contribution is 0.226. The van der Waals surface area contributed by atoms with E-state index in [1.165, 1.54) is 38.2 Å². The number of hydrogen-bond donors (Lipinski definition) is 1. The molecule has 3 nitrogen and oxygen atoms in total. The first-order valence-corrected chi connectivity index (χ1v) is 8.33. The Labute approximate surface area is 130 Å². The van der Waals surface area contributed by atoms with Crippen LogP contribution in [0.3, 0.4) is 0 Å². The van der Waals surface area contributed by atoms with Crippen LogP contribution >= 0.6 is 0 Å². The maximum Gasteiger partial charge on any atom is 0.0367 e. The summed E-state index contributed by atoms with van der Waals surface area (Å²) >= 11 is 0. The van der Waals surface area contributed by atoms with Crippen molar-refractivity contribution in [3.8, 4) is 0 Å². The van der Waals surface area contributed by atoms with E-state index in [2.05, 4.69) is 54.0 Å². The molecule has 0 aliphatic carbocycles. The van der Waals surface area contributed by atoms with Gasteiger partial charge in [0, 0.05) is 31.9 Å². The molecule has 2 N–H and O–H groups in total. The molecule has 0 aromatic heterocycles. The van der Waals surface area contributed by atoms with Gasteiger partial charge in [-0.15, -0.1) is 0 Å². The van der Waals surface area contributed by atoms with Crippen molar-refractivity contribution in [3.05, 3.63) is 30.3 Å². The Bertz CT molecular complexity index is 394. The minimum atomic E-state index is 0.403. The Hall–Kier alpha value is -1.06. The Morgan fingerprint density at radius 1 is 1.00 bits per heavy atom. The lowest BCUT2D eigenvalue weighted by atomic mass is 9.84. The summed E-state index contributed by atoms with van der Waals surface area (Å²) in [6, 6.07) is 10.8. The van der Waals surface area contributed by atoms with Crippen LogP contribution in [0.25, 0.3) is 0 Å². The molecule has 0 unspecified atom stereocenters. The molecule has 2 rings (SSSR count). The van der Waals surface area contributed by atoms with Crippen LogP contribution in [0.4, 0.5) is 5.69 Å². The van der Waals surface area contributed by atoms with Gasteiger partial charge in [0.15, 0.2) is 0 Å². The van der Waals surface area contributed by atoms with Crippen LogP contribution in [0, 0.1) is 5.41 Å². The number of piperazine rings is 1. The summed E-state index contributed by atoms with van der Waals surface area (Å²) in [5.41, 5.74) is 7.45. The minimum absolute atomic E-state index is 0.403. The Morgan fingerprint density at radius 2 is 1.67 bits per heavy atom. The van der Waals surface area contributed by atoms with Gasteiger partial charge in [-0.1, -0.05) is 32.0 Å². The molecule has 21 heavy (non-hydrogen) atoms. The Balaban J connectivity index is 1.68. The van der Waals surface area contributed by atoms with E-state index in [0.29, 0.717) is 5.41 Å². The van der Waals surface area contributed by atoms with Crippen LogP contribution in [-0.2, 0) is 0 Å². The molecule has 1 aromatic rings. The van der Waals surface area contributed by atoms with Crippen LogP contribution < -0.4 is 10.6 Å². The Morgan fingerprint density at radius 3 is 2.29 bits per heavy atom. The van der Waals surface area contributed by atoms with E-state index in [4.69, 9.17) is 5.73 Å². The van der Waals surface area contributed by atoms with Crippen molar-refractivity contribution in [1.29, 1.82) is 0 Å². The van der Waals surface area contributed by atoms with Crippen molar-refractivity contribution in [2.75, 3.05) is 44.2 Å². The van der Waals surface area contributed by atoms with E-state index in [0.717, 1.165) is 26.1 Å². The third-order valence-corrected chi connectivity index (χ3v) is 4.64. The van der Waals surface area contributed by atoms with Gasteiger partial charge >= 0.3 is 0 Å². The number of rotatable bonds is 7. The van der Waals surface area contributed by atoms with Crippen molar-refractivity contribution in [2.45, 2.75) is 33.1 Å². The molecule has 118 valence electrons. The minimum Gasteiger partial charge on any atom is -0.369 e. The molecule has 1 aliphatic rings. The summed E-state index contributed by atoms with van der Waals surface area (Å²) in [5, 5.41) is 0. The highest BCUT2D eigenvalue weighted by atomic mass is 15.3. The van der Waals surface area contributed by atoms with Crippen LogP contribution in [0.15, 0.2) is 30.3 Å². The van der Waals surface area contributed by atoms with Crippen molar-refractivity contribution in [3.63, 3.8) is 0 Å². The standard InChI is InChI=1S/C18H31N3/c1-18(2,10-11-19)9-6-12-20-13-15-21(16-14-20)17-7-4-3-5-8-17/h3-5,7-8H,6,9-16,19H2,1-2H3. The average Bonchev–Trinajstić information content (AvgIpc) is 2.48. The molecule has 1 heterocycles. The number of benzene rings is 1. The van der Waals surface area contributed by atoms with Gasteiger partial charge in [0.1, 0.15) is 0 Å². The van der Waals surface area contributed by atoms with Gasteiger partial charge < -0.3 is 10.6 Å². The number of hydrogen-bond acceptors (Lipinski definition) is 3. The normalized spacial score (nSPS) is 17.2. The van der Waals surface area contributed by atoms with Crippen LogP contribution in [0.2, 0.25) is 0 Å². The largest absolute Gasteiger partial charge is 0.369 e. The molecular weight excluding hydrogens is 258 g/mol. The molecule has 1 fully saturated rings. The second-order valence-electron chi connectivity index (χ2n) is 6.97. The first-order chi connectivity index (χ1) is 10.1. The monoisotopic (exact) mass is 289 g/mol. The van der Waals surface area contributed by atoms with Crippen molar-refractivity contribution >= 4 is 5.69 Å². The van der Waals surface area contributed by atoms with Gasteiger partial charge in [0.2, 0.25) is 0 Å². The van der Waals surface area contributed by atoms with Crippen molar-refractivity contribution < 1.29 is 0 Å². The van der Waals surface area contributed by atoms with Gasteiger partial charge in [0.05, 0.1) is 0 Å². The van der Waals surface area contributed by atoms with E-state index >= 15 is 0 Å². The smallest absolute Gasteiger partial charge is 0.0367 e. The number of anilines is 1. The molecule has 0 amide bonds.